The Morgan fingerprint density at radius 3 is 3.10 bits per heavy atom. The molecule has 4 heterocycles. The number of fused-ring (bicyclic) bond motifs is 1. The van der Waals surface area contributed by atoms with E-state index >= 15 is 0 Å². The van der Waals surface area contributed by atoms with Crippen LogP contribution >= 0.6 is 11.3 Å². The van der Waals surface area contributed by atoms with Crippen molar-refractivity contribution in [3.05, 3.63) is 23.6 Å². The maximum Gasteiger partial charge on any atom is 0.226 e. The van der Waals surface area contributed by atoms with E-state index < -0.39 is 0 Å². The molecule has 1 aliphatic rings. The predicted molar refractivity (Wildman–Crippen MR) is 78.6 cm³/mol. The monoisotopic (exact) mass is 304 g/mol. The number of aryl methyl sites for hydroxylation is 2. The number of aromatic nitrogens is 5. The molecule has 8 heteroatoms. The molecule has 1 saturated heterocycles. The van der Waals surface area contributed by atoms with Crippen LogP contribution in [0, 0.1) is 6.92 Å². The third kappa shape index (κ3) is 2.10. The molecule has 0 aliphatic carbocycles. The summed E-state index contributed by atoms with van der Waals surface area (Å²) in [6, 6.07) is 0.158. The van der Waals surface area contributed by atoms with Gasteiger partial charge in [-0.2, -0.15) is 4.98 Å². The van der Waals surface area contributed by atoms with E-state index in [4.69, 9.17) is 4.52 Å². The Labute approximate surface area is 125 Å². The van der Waals surface area contributed by atoms with Gasteiger partial charge in [0, 0.05) is 13.0 Å². The summed E-state index contributed by atoms with van der Waals surface area (Å²) in [6.45, 7) is 4.96. The quantitative estimate of drug-likeness (QED) is 0.740. The highest BCUT2D eigenvalue weighted by Crippen LogP contribution is 2.36. The first-order valence-corrected chi connectivity index (χ1v) is 7.98. The fourth-order valence-electron chi connectivity index (χ4n) is 2.73. The van der Waals surface area contributed by atoms with Crippen LogP contribution in [0.4, 0.5) is 5.13 Å². The van der Waals surface area contributed by atoms with Gasteiger partial charge >= 0.3 is 0 Å². The largest absolute Gasteiger partial charge is 0.339 e. The van der Waals surface area contributed by atoms with Crippen molar-refractivity contribution < 1.29 is 4.52 Å². The normalized spacial score (nSPS) is 19.0. The van der Waals surface area contributed by atoms with Crippen LogP contribution in [0.15, 0.2) is 10.7 Å². The minimum Gasteiger partial charge on any atom is -0.339 e. The maximum absolute atomic E-state index is 5.25. The standard InChI is InChI=1S/C13H16N6OS/c1-3-10-15-11(17-20-10)9-5-4-6-18(9)13-16-19-7-8(2)14-12(19)21-13/h7,9H,3-6H2,1-2H3. The van der Waals surface area contributed by atoms with E-state index in [0.29, 0.717) is 5.89 Å². The zero-order valence-electron chi connectivity index (χ0n) is 12.0. The molecular formula is C13H16N6OS. The highest BCUT2D eigenvalue weighted by Gasteiger charge is 2.32. The first-order valence-electron chi connectivity index (χ1n) is 7.16. The Morgan fingerprint density at radius 2 is 2.33 bits per heavy atom. The predicted octanol–water partition coefficient (Wildman–Crippen LogP) is 2.39. The van der Waals surface area contributed by atoms with Gasteiger partial charge in [-0.25, -0.2) is 9.50 Å². The molecule has 1 fully saturated rings. The van der Waals surface area contributed by atoms with Gasteiger partial charge in [0.15, 0.2) is 5.82 Å². The van der Waals surface area contributed by atoms with Gasteiger partial charge < -0.3 is 9.42 Å². The van der Waals surface area contributed by atoms with Crippen LogP contribution in [0.5, 0.6) is 0 Å². The molecule has 0 amide bonds. The van der Waals surface area contributed by atoms with E-state index in [9.17, 15) is 0 Å². The van der Waals surface area contributed by atoms with E-state index in [1.54, 1.807) is 11.3 Å². The van der Waals surface area contributed by atoms with Crippen molar-refractivity contribution in [3.8, 4) is 0 Å². The first-order chi connectivity index (χ1) is 10.2. The Bertz CT molecular complexity index is 743. The van der Waals surface area contributed by atoms with Gasteiger partial charge in [0.25, 0.3) is 0 Å². The summed E-state index contributed by atoms with van der Waals surface area (Å²) >= 11 is 1.61. The Kier molecular flexibility index (Phi) is 2.91. The molecule has 1 atom stereocenters. The minimum atomic E-state index is 0.158. The molecule has 0 N–H and O–H groups in total. The molecule has 110 valence electrons. The van der Waals surface area contributed by atoms with E-state index in [1.165, 1.54) is 0 Å². The average molecular weight is 304 g/mol. The van der Waals surface area contributed by atoms with Crippen molar-refractivity contribution >= 4 is 21.4 Å². The van der Waals surface area contributed by atoms with Crippen molar-refractivity contribution in [3.63, 3.8) is 0 Å². The summed E-state index contributed by atoms with van der Waals surface area (Å²) < 4.78 is 7.09. The van der Waals surface area contributed by atoms with E-state index in [0.717, 1.165) is 47.4 Å². The van der Waals surface area contributed by atoms with Gasteiger partial charge in [0.1, 0.15) is 0 Å². The number of nitrogens with zero attached hydrogens (tertiary/aromatic N) is 6. The van der Waals surface area contributed by atoms with Crippen LogP contribution in [0.1, 0.15) is 43.2 Å². The van der Waals surface area contributed by atoms with Gasteiger partial charge in [-0.1, -0.05) is 23.4 Å². The fraction of sp³-hybridized carbons (Fsp3) is 0.538. The molecule has 21 heavy (non-hydrogen) atoms. The van der Waals surface area contributed by atoms with Gasteiger partial charge in [0.2, 0.25) is 16.0 Å². The molecule has 3 aromatic heterocycles. The van der Waals surface area contributed by atoms with E-state index in [2.05, 4.69) is 25.1 Å². The molecule has 3 aromatic rings. The molecule has 7 nitrogen and oxygen atoms in total. The zero-order chi connectivity index (χ0) is 14.4. The Hall–Kier alpha value is -1.96. The molecule has 0 spiro atoms. The van der Waals surface area contributed by atoms with Crippen molar-refractivity contribution in [1.29, 1.82) is 0 Å². The second-order valence-corrected chi connectivity index (χ2v) is 6.18. The van der Waals surface area contributed by atoms with Crippen LogP contribution in [0.3, 0.4) is 0 Å². The summed E-state index contributed by atoms with van der Waals surface area (Å²) in [6.07, 6.45) is 4.86. The number of hydrogen-bond acceptors (Lipinski definition) is 7. The zero-order valence-corrected chi connectivity index (χ0v) is 12.8. The lowest BCUT2D eigenvalue weighted by Crippen LogP contribution is -2.23. The second kappa shape index (κ2) is 4.80. The molecular weight excluding hydrogens is 288 g/mol. The Balaban J connectivity index is 1.67. The van der Waals surface area contributed by atoms with E-state index in [-0.39, 0.29) is 6.04 Å². The van der Waals surface area contributed by atoms with Crippen LogP contribution in [0.2, 0.25) is 0 Å². The fourth-order valence-corrected chi connectivity index (χ4v) is 3.73. The smallest absolute Gasteiger partial charge is 0.226 e. The molecule has 1 unspecified atom stereocenters. The number of anilines is 1. The van der Waals surface area contributed by atoms with Crippen molar-refractivity contribution in [2.24, 2.45) is 0 Å². The van der Waals surface area contributed by atoms with Crippen molar-refractivity contribution in [1.82, 2.24) is 24.7 Å². The number of rotatable bonds is 3. The molecule has 0 aromatic carbocycles. The summed E-state index contributed by atoms with van der Waals surface area (Å²) in [5, 5.41) is 9.73. The molecule has 0 saturated carbocycles. The van der Waals surface area contributed by atoms with E-state index in [1.807, 2.05) is 24.6 Å². The van der Waals surface area contributed by atoms with Crippen molar-refractivity contribution in [2.75, 3.05) is 11.4 Å². The second-order valence-electron chi connectivity index (χ2n) is 5.25. The topological polar surface area (TPSA) is 72.4 Å². The third-order valence-corrected chi connectivity index (χ3v) is 4.70. The Morgan fingerprint density at radius 1 is 1.43 bits per heavy atom. The average Bonchev–Trinajstić information content (AvgIpc) is 3.19. The molecule has 4 rings (SSSR count). The summed E-state index contributed by atoms with van der Waals surface area (Å²) in [7, 11) is 0. The van der Waals surface area contributed by atoms with Gasteiger partial charge in [0.05, 0.1) is 17.9 Å². The highest BCUT2D eigenvalue weighted by atomic mass is 32.1. The highest BCUT2D eigenvalue weighted by molar-refractivity contribution is 7.20. The first kappa shape index (κ1) is 12.8. The summed E-state index contributed by atoms with van der Waals surface area (Å²) in [5.41, 5.74) is 0.990. The van der Waals surface area contributed by atoms with Crippen LogP contribution < -0.4 is 4.90 Å². The van der Waals surface area contributed by atoms with Gasteiger partial charge in [-0.15, -0.1) is 5.10 Å². The van der Waals surface area contributed by atoms with Crippen LogP contribution in [-0.4, -0.2) is 31.3 Å². The molecule has 0 radical (unpaired) electrons. The number of imidazole rings is 1. The van der Waals surface area contributed by atoms with Gasteiger partial charge in [-0.05, 0) is 19.8 Å². The lowest BCUT2D eigenvalue weighted by atomic mass is 10.2. The van der Waals surface area contributed by atoms with Crippen LogP contribution in [0.25, 0.3) is 4.96 Å². The minimum absolute atomic E-state index is 0.158. The number of hydrogen-bond donors (Lipinski definition) is 0. The van der Waals surface area contributed by atoms with Crippen LogP contribution in [-0.2, 0) is 6.42 Å². The maximum atomic E-state index is 5.25. The molecule has 0 bridgehead atoms. The third-order valence-electron chi connectivity index (χ3n) is 3.74. The lowest BCUT2D eigenvalue weighted by molar-refractivity contribution is 0.373. The van der Waals surface area contributed by atoms with Crippen molar-refractivity contribution in [2.45, 2.75) is 39.2 Å². The molecule has 1 aliphatic heterocycles. The van der Waals surface area contributed by atoms with Gasteiger partial charge in [-0.3, -0.25) is 0 Å². The summed E-state index contributed by atoms with van der Waals surface area (Å²) in [4.78, 5) is 12.1. The summed E-state index contributed by atoms with van der Waals surface area (Å²) in [5.74, 6) is 1.47. The SMILES string of the molecule is CCc1nc(C2CCCN2c2nn3cc(C)nc3s2)no1. The lowest BCUT2D eigenvalue weighted by Gasteiger charge is -2.20.